The van der Waals surface area contributed by atoms with Gasteiger partial charge in [0.05, 0.1) is 6.10 Å². The van der Waals surface area contributed by atoms with E-state index in [1.165, 1.54) is 12.1 Å². The third kappa shape index (κ3) is 3.77. The van der Waals surface area contributed by atoms with Crippen molar-refractivity contribution in [2.24, 2.45) is 23.2 Å². The predicted octanol–water partition coefficient (Wildman–Crippen LogP) is 5.59. The number of rotatable bonds is 4. The molecule has 2 rings (SSSR count). The summed E-state index contributed by atoms with van der Waals surface area (Å²) in [5, 5.41) is 3.80. The summed E-state index contributed by atoms with van der Waals surface area (Å²) >= 11 is 0. The molecule has 0 amide bonds. The van der Waals surface area contributed by atoms with E-state index in [2.05, 4.69) is 78.0 Å². The SMILES string of the molecule is CC(C)Oc1ccc(NC2[C@H](C)C(C)[C@H](C)CC2(C)C)cc1. The van der Waals surface area contributed by atoms with Crippen molar-refractivity contribution in [3.05, 3.63) is 24.3 Å². The van der Waals surface area contributed by atoms with E-state index < -0.39 is 0 Å². The smallest absolute Gasteiger partial charge is 0.119 e. The fourth-order valence-corrected chi connectivity index (χ4v) is 4.08. The summed E-state index contributed by atoms with van der Waals surface area (Å²) in [5.41, 5.74) is 1.51. The van der Waals surface area contributed by atoms with Gasteiger partial charge in [0.25, 0.3) is 0 Å². The standard InChI is InChI=1S/C20H33NO/c1-13(2)22-18-10-8-17(9-11-18)21-19-16(5)15(4)14(3)12-20(19,6)7/h8-11,13-16,19,21H,12H2,1-7H3/t14-,15?,16-,19?/m1/s1. The highest BCUT2D eigenvalue weighted by molar-refractivity contribution is 5.47. The molecule has 2 nitrogen and oxygen atoms in total. The van der Waals surface area contributed by atoms with E-state index in [1.807, 2.05) is 0 Å². The van der Waals surface area contributed by atoms with Gasteiger partial charge in [-0.2, -0.15) is 0 Å². The first-order valence-corrected chi connectivity index (χ1v) is 8.74. The van der Waals surface area contributed by atoms with Gasteiger partial charge in [-0.25, -0.2) is 0 Å². The highest BCUT2D eigenvalue weighted by atomic mass is 16.5. The number of anilines is 1. The normalized spacial score (nSPS) is 31.1. The topological polar surface area (TPSA) is 21.3 Å². The Morgan fingerprint density at radius 2 is 1.64 bits per heavy atom. The molecule has 1 fully saturated rings. The maximum atomic E-state index is 5.72. The van der Waals surface area contributed by atoms with Crippen LogP contribution in [-0.2, 0) is 0 Å². The van der Waals surface area contributed by atoms with E-state index in [-0.39, 0.29) is 6.10 Å². The summed E-state index contributed by atoms with van der Waals surface area (Å²) < 4.78 is 5.72. The van der Waals surface area contributed by atoms with Gasteiger partial charge in [0.1, 0.15) is 5.75 Å². The van der Waals surface area contributed by atoms with E-state index in [0.29, 0.717) is 17.4 Å². The van der Waals surface area contributed by atoms with Crippen LogP contribution < -0.4 is 10.1 Å². The quantitative estimate of drug-likeness (QED) is 0.782. The first-order chi connectivity index (χ1) is 10.2. The monoisotopic (exact) mass is 303 g/mol. The lowest BCUT2D eigenvalue weighted by Gasteiger charge is -2.49. The number of hydrogen-bond donors (Lipinski definition) is 1. The highest BCUT2D eigenvalue weighted by Gasteiger charge is 2.43. The average Bonchev–Trinajstić information content (AvgIpc) is 2.42. The molecule has 0 aromatic heterocycles. The molecule has 0 aliphatic heterocycles. The van der Waals surface area contributed by atoms with Crippen LogP contribution in [0.2, 0.25) is 0 Å². The molecular formula is C20H33NO. The van der Waals surface area contributed by atoms with Gasteiger partial charge in [0.15, 0.2) is 0 Å². The van der Waals surface area contributed by atoms with Crippen molar-refractivity contribution in [3.8, 4) is 5.75 Å². The van der Waals surface area contributed by atoms with Crippen molar-refractivity contribution in [1.82, 2.24) is 0 Å². The second-order valence-corrected chi connectivity index (χ2v) is 8.20. The Morgan fingerprint density at radius 1 is 1.05 bits per heavy atom. The van der Waals surface area contributed by atoms with Crippen LogP contribution in [0.15, 0.2) is 24.3 Å². The maximum Gasteiger partial charge on any atom is 0.119 e. The van der Waals surface area contributed by atoms with Gasteiger partial charge >= 0.3 is 0 Å². The molecule has 2 unspecified atom stereocenters. The molecule has 1 saturated carbocycles. The Labute approximate surface area is 136 Å². The minimum absolute atomic E-state index is 0.221. The lowest BCUT2D eigenvalue weighted by atomic mass is 9.60. The molecule has 2 heteroatoms. The van der Waals surface area contributed by atoms with Crippen LogP contribution in [0, 0.1) is 23.2 Å². The van der Waals surface area contributed by atoms with Crippen LogP contribution in [0.1, 0.15) is 54.9 Å². The van der Waals surface area contributed by atoms with E-state index in [9.17, 15) is 0 Å². The highest BCUT2D eigenvalue weighted by Crippen LogP contribution is 2.46. The van der Waals surface area contributed by atoms with Crippen LogP contribution in [0.25, 0.3) is 0 Å². The molecule has 0 radical (unpaired) electrons. The van der Waals surface area contributed by atoms with Crippen LogP contribution in [-0.4, -0.2) is 12.1 Å². The Kier molecular flexibility index (Phi) is 5.09. The third-order valence-corrected chi connectivity index (χ3v) is 5.49. The Morgan fingerprint density at radius 3 is 2.18 bits per heavy atom. The molecular weight excluding hydrogens is 270 g/mol. The lowest BCUT2D eigenvalue weighted by Crippen LogP contribution is -2.50. The number of ether oxygens (including phenoxy) is 1. The van der Waals surface area contributed by atoms with Crippen LogP contribution >= 0.6 is 0 Å². The van der Waals surface area contributed by atoms with Crippen LogP contribution in [0.3, 0.4) is 0 Å². The Balaban J connectivity index is 2.11. The first-order valence-electron chi connectivity index (χ1n) is 8.74. The van der Waals surface area contributed by atoms with E-state index in [4.69, 9.17) is 4.74 Å². The minimum Gasteiger partial charge on any atom is -0.491 e. The molecule has 4 atom stereocenters. The lowest BCUT2D eigenvalue weighted by molar-refractivity contribution is 0.0666. The summed E-state index contributed by atoms with van der Waals surface area (Å²) in [7, 11) is 0. The van der Waals surface area contributed by atoms with Gasteiger partial charge in [-0.05, 0) is 67.7 Å². The first kappa shape index (κ1) is 17.2. The van der Waals surface area contributed by atoms with Gasteiger partial charge in [-0.15, -0.1) is 0 Å². The van der Waals surface area contributed by atoms with Gasteiger partial charge < -0.3 is 10.1 Å². The third-order valence-electron chi connectivity index (χ3n) is 5.49. The van der Waals surface area contributed by atoms with Crippen molar-refractivity contribution in [2.45, 2.75) is 67.0 Å². The Bertz CT molecular complexity index is 477. The zero-order chi connectivity index (χ0) is 16.5. The van der Waals surface area contributed by atoms with E-state index >= 15 is 0 Å². The summed E-state index contributed by atoms with van der Waals surface area (Å²) in [6.07, 6.45) is 1.50. The molecule has 0 spiro atoms. The molecule has 1 aliphatic rings. The fourth-order valence-electron chi connectivity index (χ4n) is 4.08. The number of nitrogens with one attached hydrogen (secondary N) is 1. The Hall–Kier alpha value is -1.18. The zero-order valence-electron chi connectivity index (χ0n) is 15.3. The second kappa shape index (κ2) is 6.52. The molecule has 1 N–H and O–H groups in total. The largest absolute Gasteiger partial charge is 0.491 e. The molecule has 1 aromatic rings. The summed E-state index contributed by atoms with van der Waals surface area (Å²) in [6.45, 7) is 16.1. The van der Waals surface area contributed by atoms with Crippen LogP contribution in [0.5, 0.6) is 5.75 Å². The molecule has 0 heterocycles. The van der Waals surface area contributed by atoms with Crippen molar-refractivity contribution in [2.75, 3.05) is 5.32 Å². The average molecular weight is 303 g/mol. The summed E-state index contributed by atoms with van der Waals surface area (Å²) in [5.74, 6) is 3.17. The molecule has 0 bridgehead atoms. The van der Waals surface area contributed by atoms with Gasteiger partial charge in [0, 0.05) is 11.7 Å². The van der Waals surface area contributed by atoms with Gasteiger partial charge in [-0.3, -0.25) is 0 Å². The maximum absolute atomic E-state index is 5.72. The minimum atomic E-state index is 0.221. The van der Waals surface area contributed by atoms with Crippen molar-refractivity contribution in [3.63, 3.8) is 0 Å². The molecule has 1 aliphatic carbocycles. The van der Waals surface area contributed by atoms with Crippen molar-refractivity contribution < 1.29 is 4.74 Å². The summed E-state index contributed by atoms with van der Waals surface area (Å²) in [4.78, 5) is 0. The zero-order valence-corrected chi connectivity index (χ0v) is 15.3. The van der Waals surface area contributed by atoms with Gasteiger partial charge in [-0.1, -0.05) is 34.6 Å². The number of benzene rings is 1. The fraction of sp³-hybridized carbons (Fsp3) is 0.700. The van der Waals surface area contributed by atoms with E-state index in [0.717, 1.165) is 17.6 Å². The molecule has 0 saturated heterocycles. The van der Waals surface area contributed by atoms with Crippen molar-refractivity contribution >= 4 is 5.69 Å². The van der Waals surface area contributed by atoms with Crippen LogP contribution in [0.4, 0.5) is 5.69 Å². The van der Waals surface area contributed by atoms with E-state index in [1.54, 1.807) is 0 Å². The predicted molar refractivity (Wildman–Crippen MR) is 95.5 cm³/mol. The molecule has 22 heavy (non-hydrogen) atoms. The summed E-state index contributed by atoms with van der Waals surface area (Å²) in [6, 6.07) is 8.92. The molecule has 124 valence electrons. The second-order valence-electron chi connectivity index (χ2n) is 8.20. The van der Waals surface area contributed by atoms with Crippen molar-refractivity contribution in [1.29, 1.82) is 0 Å². The molecule has 1 aromatic carbocycles. The number of hydrogen-bond acceptors (Lipinski definition) is 2. The van der Waals surface area contributed by atoms with Gasteiger partial charge in [0.2, 0.25) is 0 Å².